The Hall–Kier alpha value is -5.30. The van der Waals surface area contributed by atoms with E-state index in [-0.39, 0.29) is 50.6 Å². The Bertz CT molecular complexity index is 1600. The van der Waals surface area contributed by atoms with Crippen molar-refractivity contribution in [3.63, 3.8) is 0 Å². The maximum Gasteiger partial charge on any atom is 0.321 e. The molecule has 0 saturated heterocycles. The van der Waals surface area contributed by atoms with E-state index in [0.29, 0.717) is 29.0 Å². The number of nitrogens with two attached hydrogens (primary N) is 2. The smallest absolute Gasteiger partial charge is 0.321 e. The highest BCUT2D eigenvalue weighted by atomic mass is 16.5. The van der Waals surface area contributed by atoms with E-state index in [0.717, 1.165) is 17.0 Å². The topological polar surface area (TPSA) is 180 Å². The Morgan fingerprint density at radius 2 is 1.79 bits per heavy atom. The largest absolute Gasteiger partial charge is 0.466 e. The minimum atomic E-state index is -0.557. The number of aryl methyl sites for hydroxylation is 1. The summed E-state index contributed by atoms with van der Waals surface area (Å²) in [6.45, 7) is 2.14. The number of pyridine rings is 1. The monoisotopic (exact) mass is 586 g/mol. The number of nitrogens with one attached hydrogen (secondary N) is 1. The lowest BCUT2D eigenvalue weighted by Crippen LogP contribution is -2.34. The molecule has 2 aromatic carbocycles. The lowest BCUT2D eigenvalue weighted by Gasteiger charge is -2.21. The molecule has 0 aliphatic rings. The number of ether oxygens (including phenoxy) is 2. The summed E-state index contributed by atoms with van der Waals surface area (Å²) >= 11 is 0. The zero-order chi connectivity index (χ0) is 30.8. The van der Waals surface area contributed by atoms with Crippen LogP contribution in [0.25, 0.3) is 11.0 Å². The van der Waals surface area contributed by atoms with Gasteiger partial charge in [-0.2, -0.15) is 0 Å². The summed E-state index contributed by atoms with van der Waals surface area (Å²) in [5.41, 5.74) is 14.6. The predicted molar refractivity (Wildman–Crippen MR) is 162 cm³/mol. The van der Waals surface area contributed by atoms with Crippen LogP contribution in [0.1, 0.15) is 35.1 Å². The molecule has 2 heterocycles. The van der Waals surface area contributed by atoms with Gasteiger partial charge >= 0.3 is 11.9 Å². The molecule has 0 radical (unpaired) electrons. The van der Waals surface area contributed by atoms with Crippen LogP contribution in [-0.2, 0) is 32.7 Å². The number of hydrogen-bond donors (Lipinski definition) is 3. The van der Waals surface area contributed by atoms with Crippen LogP contribution >= 0.6 is 0 Å². The van der Waals surface area contributed by atoms with Crippen LogP contribution < -0.4 is 21.7 Å². The quantitative estimate of drug-likeness (QED) is 0.120. The number of nitrogens with zero attached hydrogens (tertiary/aromatic N) is 5. The van der Waals surface area contributed by atoms with Gasteiger partial charge in [-0.3, -0.25) is 19.3 Å². The van der Waals surface area contributed by atoms with Crippen LogP contribution in [-0.4, -0.2) is 64.6 Å². The van der Waals surface area contributed by atoms with E-state index in [9.17, 15) is 14.4 Å². The molecule has 0 fully saturated rings. The van der Waals surface area contributed by atoms with E-state index in [1.807, 2.05) is 29.8 Å². The summed E-state index contributed by atoms with van der Waals surface area (Å²) < 4.78 is 11.8. The molecule has 0 saturated carbocycles. The third kappa shape index (κ3) is 7.92. The molecule has 2 aromatic heterocycles. The summed E-state index contributed by atoms with van der Waals surface area (Å²) in [6, 6.07) is 17.9. The van der Waals surface area contributed by atoms with Gasteiger partial charge in [-0.1, -0.05) is 6.07 Å². The zero-order valence-corrected chi connectivity index (χ0v) is 24.0. The number of amidine groups is 1. The van der Waals surface area contributed by atoms with Gasteiger partial charge in [0.1, 0.15) is 17.5 Å². The van der Waals surface area contributed by atoms with Gasteiger partial charge in [-0.05, 0) is 61.5 Å². The van der Waals surface area contributed by atoms with Crippen molar-refractivity contribution in [3.05, 3.63) is 83.8 Å². The van der Waals surface area contributed by atoms with Gasteiger partial charge in [0.25, 0.3) is 5.91 Å². The fourth-order valence-corrected chi connectivity index (χ4v) is 4.23. The normalized spacial score (nSPS) is 11.3. The van der Waals surface area contributed by atoms with Gasteiger partial charge in [-0.25, -0.2) is 15.0 Å². The van der Waals surface area contributed by atoms with Gasteiger partial charge in [0.2, 0.25) is 0 Å². The molecule has 0 atom stereocenters. The van der Waals surface area contributed by atoms with Crippen LogP contribution in [0.5, 0.6) is 0 Å². The van der Waals surface area contributed by atoms with Crippen molar-refractivity contribution >= 4 is 46.2 Å². The number of anilines is 2. The molecular formula is C30H34N8O5. The number of carbonyl (C=O) groups excluding carboxylic acids is 3. The zero-order valence-electron chi connectivity index (χ0n) is 24.0. The highest BCUT2D eigenvalue weighted by molar-refractivity contribution is 6.07. The number of aliphatic imine (C=N–C) groups is 1. The summed E-state index contributed by atoms with van der Waals surface area (Å²) in [4.78, 5) is 51.3. The molecule has 1 amide bonds. The van der Waals surface area contributed by atoms with Crippen LogP contribution in [0.2, 0.25) is 0 Å². The highest BCUT2D eigenvalue weighted by Gasteiger charge is 2.21. The molecule has 4 aromatic rings. The van der Waals surface area contributed by atoms with E-state index in [4.69, 9.17) is 25.9 Å². The summed E-state index contributed by atoms with van der Waals surface area (Å²) in [7, 11) is 1.91. The van der Waals surface area contributed by atoms with Gasteiger partial charge < -0.3 is 30.8 Å². The summed E-state index contributed by atoms with van der Waals surface area (Å²) in [5.74, 6) is 0.200. The number of esters is 2. The lowest BCUT2D eigenvalue weighted by molar-refractivity contribution is -0.143. The second-order valence-corrected chi connectivity index (χ2v) is 9.31. The summed E-state index contributed by atoms with van der Waals surface area (Å²) in [6.07, 6.45) is 1.64. The molecule has 43 heavy (non-hydrogen) atoms. The average molecular weight is 587 g/mol. The van der Waals surface area contributed by atoms with Crippen LogP contribution in [0.4, 0.5) is 11.5 Å². The highest BCUT2D eigenvalue weighted by Crippen LogP contribution is 2.21. The Kier molecular flexibility index (Phi) is 10.4. The number of amides is 1. The maximum atomic E-state index is 13.6. The number of benzene rings is 2. The van der Waals surface area contributed by atoms with Gasteiger partial charge in [-0.15, -0.1) is 0 Å². The van der Waals surface area contributed by atoms with Crippen LogP contribution in [0, 0.1) is 0 Å². The van der Waals surface area contributed by atoms with E-state index in [1.165, 1.54) is 4.90 Å². The Morgan fingerprint density at radius 3 is 2.49 bits per heavy atom. The fourth-order valence-electron chi connectivity index (χ4n) is 4.23. The Morgan fingerprint density at radius 1 is 1.02 bits per heavy atom. The molecular weight excluding hydrogens is 552 g/mol. The first-order valence-corrected chi connectivity index (χ1v) is 13.6. The number of aromatic nitrogens is 3. The number of imidazole rings is 1. The van der Waals surface area contributed by atoms with Crippen molar-refractivity contribution in [2.75, 3.05) is 36.6 Å². The minimum Gasteiger partial charge on any atom is -0.466 e. The molecule has 13 heteroatoms. The fraction of sp³-hybridized carbons (Fsp3) is 0.267. The molecule has 0 aliphatic heterocycles. The maximum absolute atomic E-state index is 13.6. The average Bonchev–Trinajstić information content (AvgIpc) is 3.35. The van der Waals surface area contributed by atoms with Crippen molar-refractivity contribution in [1.82, 2.24) is 14.5 Å². The lowest BCUT2D eigenvalue weighted by atomic mass is 10.1. The first kappa shape index (κ1) is 30.7. The first-order chi connectivity index (χ1) is 20.8. The van der Waals surface area contributed by atoms with Gasteiger partial charge in [0, 0.05) is 36.6 Å². The SMILES string of the molecule is CCOC(=O)CCN(C(=O)c1ccc2c(c1)nc(CNc1ccc(/C(N)=N/COC(=O)CN)cc1)n2C)c1ccccn1. The molecule has 13 nitrogen and oxygen atoms in total. The van der Waals surface area contributed by atoms with Gasteiger partial charge in [0.15, 0.2) is 6.73 Å². The van der Waals surface area contributed by atoms with Crippen molar-refractivity contribution < 1.29 is 23.9 Å². The summed E-state index contributed by atoms with van der Waals surface area (Å²) in [5, 5.41) is 3.33. The molecule has 5 N–H and O–H groups in total. The van der Waals surface area contributed by atoms with E-state index < -0.39 is 5.97 Å². The van der Waals surface area contributed by atoms with Crippen LogP contribution in [0.15, 0.2) is 71.9 Å². The number of fused-ring (bicyclic) bond motifs is 1. The van der Waals surface area contributed by atoms with Crippen molar-refractivity contribution in [2.45, 2.75) is 19.9 Å². The third-order valence-electron chi connectivity index (χ3n) is 6.49. The molecule has 0 unspecified atom stereocenters. The predicted octanol–water partition coefficient (Wildman–Crippen LogP) is 2.35. The second-order valence-electron chi connectivity index (χ2n) is 9.31. The first-order valence-electron chi connectivity index (χ1n) is 13.6. The van der Waals surface area contributed by atoms with Crippen LogP contribution in [0.3, 0.4) is 0 Å². The third-order valence-corrected chi connectivity index (χ3v) is 6.49. The number of carbonyl (C=O) groups is 3. The standard InChI is InChI=1S/C30H34N8O5/c1-3-42-27(39)13-15-38(25-6-4-5-14-33-25)30(41)21-9-12-24-23(16-21)36-26(37(24)2)18-34-22-10-7-20(8-11-22)29(32)35-19-43-28(40)17-31/h4-12,14,16,34H,3,13,15,17-19,31H2,1-2H3,(H2,32,35). The van der Waals surface area contributed by atoms with Crippen molar-refractivity contribution in [2.24, 2.45) is 23.5 Å². The molecule has 0 bridgehead atoms. The minimum absolute atomic E-state index is 0.0440. The second kappa shape index (κ2) is 14.5. The Labute approximate surface area is 248 Å². The number of rotatable bonds is 13. The molecule has 224 valence electrons. The van der Waals surface area contributed by atoms with Gasteiger partial charge in [0.05, 0.1) is 37.2 Å². The van der Waals surface area contributed by atoms with Crippen molar-refractivity contribution in [1.29, 1.82) is 0 Å². The van der Waals surface area contributed by atoms with E-state index >= 15 is 0 Å². The molecule has 0 aliphatic carbocycles. The van der Waals surface area contributed by atoms with E-state index in [2.05, 4.69) is 15.3 Å². The van der Waals surface area contributed by atoms with Crippen molar-refractivity contribution in [3.8, 4) is 0 Å². The molecule has 4 rings (SSSR count). The molecule has 0 spiro atoms. The number of hydrogen-bond acceptors (Lipinski definition) is 10. The van der Waals surface area contributed by atoms with E-state index in [1.54, 1.807) is 55.6 Å². The Balaban J connectivity index is 1.45.